The van der Waals surface area contributed by atoms with Crippen LogP contribution in [0.15, 0.2) is 48.5 Å². The van der Waals surface area contributed by atoms with Crippen molar-refractivity contribution in [3.8, 4) is 17.2 Å². The average Bonchev–Trinajstić information content (AvgIpc) is 3.13. The van der Waals surface area contributed by atoms with E-state index in [1.54, 1.807) is 29.2 Å². The number of amides is 2. The summed E-state index contributed by atoms with van der Waals surface area (Å²) in [5.41, 5.74) is 0.844. The molecule has 2 aromatic rings. The normalized spacial score (nSPS) is 15.7. The molecule has 0 aliphatic carbocycles. The van der Waals surface area contributed by atoms with Crippen LogP contribution in [0.25, 0.3) is 0 Å². The summed E-state index contributed by atoms with van der Waals surface area (Å²) in [4.78, 5) is 26.2. The van der Waals surface area contributed by atoms with Gasteiger partial charge in [0, 0.05) is 31.1 Å². The zero-order valence-corrected chi connectivity index (χ0v) is 17.4. The largest absolute Gasteiger partial charge is 0.494 e. The minimum Gasteiger partial charge on any atom is -0.494 e. The summed E-state index contributed by atoms with van der Waals surface area (Å²) in [7, 11) is 0. The lowest BCUT2D eigenvalue weighted by Gasteiger charge is -2.17. The van der Waals surface area contributed by atoms with Crippen molar-refractivity contribution in [2.24, 2.45) is 5.92 Å². The highest BCUT2D eigenvalue weighted by Crippen LogP contribution is 2.26. The molecule has 1 unspecified atom stereocenters. The van der Waals surface area contributed by atoms with E-state index in [9.17, 15) is 9.59 Å². The van der Waals surface area contributed by atoms with Crippen molar-refractivity contribution in [3.05, 3.63) is 48.5 Å². The number of rotatable bonds is 10. The number of ether oxygens (including phenoxy) is 3. The van der Waals surface area contributed by atoms with Gasteiger partial charge in [-0.1, -0.05) is 0 Å². The third-order valence-corrected chi connectivity index (χ3v) is 4.76. The Hall–Kier alpha value is -3.22. The summed E-state index contributed by atoms with van der Waals surface area (Å²) in [6.07, 6.45) is 0.410. The standard InChI is InChI=1S/C23H28N2O5/c1-3-28-19-7-5-18(6-8-19)25-15-17(13-23(25)27)14-24-22(26)16-30-21-11-9-20(10-12-21)29-4-2/h5-12,17H,3-4,13-16H2,1-2H3,(H,24,26). The van der Waals surface area contributed by atoms with E-state index in [0.717, 1.165) is 17.2 Å². The molecule has 0 spiro atoms. The van der Waals surface area contributed by atoms with Crippen molar-refractivity contribution in [2.75, 3.05) is 37.8 Å². The Labute approximate surface area is 176 Å². The number of carbonyl (C=O) groups is 2. The molecule has 0 aromatic heterocycles. The number of anilines is 1. The lowest BCUT2D eigenvalue weighted by atomic mass is 10.1. The average molecular weight is 412 g/mol. The third-order valence-electron chi connectivity index (χ3n) is 4.76. The van der Waals surface area contributed by atoms with Crippen molar-refractivity contribution in [1.82, 2.24) is 5.32 Å². The van der Waals surface area contributed by atoms with Gasteiger partial charge in [-0.25, -0.2) is 0 Å². The molecule has 2 aromatic carbocycles. The fourth-order valence-corrected chi connectivity index (χ4v) is 3.31. The van der Waals surface area contributed by atoms with Crippen molar-refractivity contribution < 1.29 is 23.8 Å². The lowest BCUT2D eigenvalue weighted by molar-refractivity contribution is -0.123. The summed E-state index contributed by atoms with van der Waals surface area (Å²) < 4.78 is 16.3. The highest BCUT2D eigenvalue weighted by Gasteiger charge is 2.30. The van der Waals surface area contributed by atoms with Crippen LogP contribution in [0.5, 0.6) is 17.2 Å². The SMILES string of the molecule is CCOc1ccc(OCC(=O)NCC2CC(=O)N(c3ccc(OCC)cc3)C2)cc1. The summed E-state index contributed by atoms with van der Waals surface area (Å²) in [6, 6.07) is 14.6. The molecule has 1 heterocycles. The number of benzene rings is 2. The van der Waals surface area contributed by atoms with Gasteiger partial charge >= 0.3 is 0 Å². The number of hydrogen-bond donors (Lipinski definition) is 1. The van der Waals surface area contributed by atoms with Gasteiger partial charge in [0.25, 0.3) is 5.91 Å². The second-order valence-corrected chi connectivity index (χ2v) is 7.00. The number of nitrogens with one attached hydrogen (secondary N) is 1. The van der Waals surface area contributed by atoms with Gasteiger partial charge in [0.2, 0.25) is 5.91 Å². The van der Waals surface area contributed by atoms with E-state index in [4.69, 9.17) is 14.2 Å². The van der Waals surface area contributed by atoms with E-state index in [2.05, 4.69) is 5.32 Å². The second kappa shape index (κ2) is 10.5. The van der Waals surface area contributed by atoms with Crippen LogP contribution in [0.1, 0.15) is 20.3 Å². The number of hydrogen-bond acceptors (Lipinski definition) is 5. The summed E-state index contributed by atoms with van der Waals surface area (Å²) in [5.74, 6) is 2.06. The first-order valence-electron chi connectivity index (χ1n) is 10.2. The molecule has 7 heteroatoms. The molecule has 1 saturated heterocycles. The lowest BCUT2D eigenvalue weighted by Crippen LogP contribution is -2.34. The molecule has 1 atom stereocenters. The smallest absolute Gasteiger partial charge is 0.257 e. The summed E-state index contributed by atoms with van der Waals surface area (Å²) in [6.45, 7) is 5.99. The van der Waals surface area contributed by atoms with Crippen molar-refractivity contribution in [1.29, 1.82) is 0 Å². The van der Waals surface area contributed by atoms with Crippen LogP contribution in [0.3, 0.4) is 0 Å². The zero-order valence-electron chi connectivity index (χ0n) is 17.4. The zero-order chi connectivity index (χ0) is 21.3. The first-order chi connectivity index (χ1) is 14.6. The fraction of sp³-hybridized carbons (Fsp3) is 0.391. The Morgan fingerprint density at radius 3 is 2.03 bits per heavy atom. The van der Waals surface area contributed by atoms with Crippen LogP contribution in [0, 0.1) is 5.92 Å². The maximum absolute atomic E-state index is 12.4. The maximum Gasteiger partial charge on any atom is 0.257 e. The molecular weight excluding hydrogens is 384 g/mol. The predicted octanol–water partition coefficient (Wildman–Crippen LogP) is 3.03. The van der Waals surface area contributed by atoms with Crippen LogP contribution in [0.2, 0.25) is 0 Å². The van der Waals surface area contributed by atoms with Crippen LogP contribution in [-0.4, -0.2) is 44.7 Å². The minimum atomic E-state index is -0.212. The van der Waals surface area contributed by atoms with Gasteiger partial charge in [0.05, 0.1) is 13.2 Å². The first kappa shape index (κ1) is 21.5. The molecule has 0 bridgehead atoms. The Morgan fingerprint density at radius 2 is 1.47 bits per heavy atom. The van der Waals surface area contributed by atoms with Gasteiger partial charge in [0.1, 0.15) is 17.2 Å². The Morgan fingerprint density at radius 1 is 0.933 bits per heavy atom. The fourth-order valence-electron chi connectivity index (χ4n) is 3.31. The molecule has 0 radical (unpaired) electrons. The molecule has 1 fully saturated rings. The van der Waals surface area contributed by atoms with Gasteiger partial charge in [-0.3, -0.25) is 9.59 Å². The molecule has 30 heavy (non-hydrogen) atoms. The Bertz CT molecular complexity index is 836. The quantitative estimate of drug-likeness (QED) is 0.649. The number of nitrogens with zero attached hydrogens (tertiary/aromatic N) is 1. The summed E-state index contributed by atoms with van der Waals surface area (Å²) in [5, 5.41) is 2.86. The molecule has 160 valence electrons. The van der Waals surface area contributed by atoms with Crippen LogP contribution in [0.4, 0.5) is 5.69 Å². The topological polar surface area (TPSA) is 77.1 Å². The van der Waals surface area contributed by atoms with E-state index in [1.165, 1.54) is 0 Å². The molecule has 1 aliphatic heterocycles. The van der Waals surface area contributed by atoms with E-state index in [0.29, 0.717) is 38.5 Å². The van der Waals surface area contributed by atoms with Crippen molar-refractivity contribution >= 4 is 17.5 Å². The van der Waals surface area contributed by atoms with Crippen LogP contribution in [-0.2, 0) is 9.59 Å². The van der Waals surface area contributed by atoms with E-state index < -0.39 is 0 Å². The molecule has 3 rings (SSSR count). The van der Waals surface area contributed by atoms with E-state index >= 15 is 0 Å². The maximum atomic E-state index is 12.4. The Balaban J connectivity index is 1.42. The Kier molecular flexibility index (Phi) is 7.54. The van der Waals surface area contributed by atoms with Crippen molar-refractivity contribution in [2.45, 2.75) is 20.3 Å². The molecule has 0 saturated carbocycles. The van der Waals surface area contributed by atoms with Gasteiger partial charge in [-0.2, -0.15) is 0 Å². The first-order valence-corrected chi connectivity index (χ1v) is 10.2. The second-order valence-electron chi connectivity index (χ2n) is 7.00. The highest BCUT2D eigenvalue weighted by molar-refractivity contribution is 5.95. The molecule has 1 aliphatic rings. The predicted molar refractivity (Wildman–Crippen MR) is 114 cm³/mol. The number of carbonyl (C=O) groups excluding carboxylic acids is 2. The van der Waals surface area contributed by atoms with Gasteiger partial charge in [-0.05, 0) is 62.4 Å². The van der Waals surface area contributed by atoms with Crippen LogP contribution >= 0.6 is 0 Å². The highest BCUT2D eigenvalue weighted by atomic mass is 16.5. The van der Waals surface area contributed by atoms with Crippen molar-refractivity contribution in [3.63, 3.8) is 0 Å². The monoisotopic (exact) mass is 412 g/mol. The summed E-state index contributed by atoms with van der Waals surface area (Å²) >= 11 is 0. The van der Waals surface area contributed by atoms with E-state index in [1.807, 2.05) is 38.1 Å². The molecule has 1 N–H and O–H groups in total. The van der Waals surface area contributed by atoms with Gasteiger partial charge in [0.15, 0.2) is 6.61 Å². The molecular formula is C23H28N2O5. The molecule has 2 amide bonds. The third kappa shape index (κ3) is 5.89. The van der Waals surface area contributed by atoms with Crippen LogP contribution < -0.4 is 24.4 Å². The van der Waals surface area contributed by atoms with Gasteiger partial charge in [-0.15, -0.1) is 0 Å². The van der Waals surface area contributed by atoms with E-state index in [-0.39, 0.29) is 24.3 Å². The van der Waals surface area contributed by atoms with Gasteiger partial charge < -0.3 is 24.4 Å². The minimum absolute atomic E-state index is 0.0593. The molecule has 7 nitrogen and oxygen atoms in total.